The molecule has 1 aliphatic heterocycles. The van der Waals surface area contributed by atoms with Gasteiger partial charge in [-0.25, -0.2) is 4.98 Å². The SMILES string of the molecule is CC(C)C1Cc2nc(S(=O)(=O)O)ccc2CN1.Cl. The molecule has 0 fully saturated rings. The van der Waals surface area contributed by atoms with E-state index >= 15 is 0 Å². The number of hydrogen-bond donors (Lipinski definition) is 2. The lowest BCUT2D eigenvalue weighted by Crippen LogP contribution is -2.39. The van der Waals surface area contributed by atoms with Crippen molar-refractivity contribution in [1.29, 1.82) is 0 Å². The standard InChI is InChI=1S/C11H16N2O3S.ClH/c1-7(2)9-5-10-8(6-12-9)3-4-11(13-10)17(14,15)16;/h3-4,7,9,12H,5-6H2,1-2H3,(H,14,15,16);1H. The Morgan fingerprint density at radius 1 is 1.44 bits per heavy atom. The van der Waals surface area contributed by atoms with Crippen molar-refractivity contribution in [2.24, 2.45) is 5.92 Å². The summed E-state index contributed by atoms with van der Waals surface area (Å²) in [5.41, 5.74) is 1.76. The molecule has 0 bridgehead atoms. The van der Waals surface area contributed by atoms with Crippen LogP contribution in [0.2, 0.25) is 0 Å². The predicted octanol–water partition coefficient (Wildman–Crippen LogP) is 1.42. The van der Waals surface area contributed by atoms with Crippen LogP contribution < -0.4 is 5.32 Å². The molecule has 1 unspecified atom stereocenters. The molecule has 0 amide bonds. The van der Waals surface area contributed by atoms with Crippen LogP contribution in [0.1, 0.15) is 25.1 Å². The summed E-state index contributed by atoms with van der Waals surface area (Å²) in [6.07, 6.45) is 0.691. The molecule has 1 aliphatic rings. The number of rotatable bonds is 2. The Hall–Kier alpha value is -0.690. The van der Waals surface area contributed by atoms with Gasteiger partial charge in [-0.05, 0) is 17.5 Å². The molecule has 0 spiro atoms. The lowest BCUT2D eigenvalue weighted by molar-refractivity contribution is 0.371. The number of pyridine rings is 1. The molecule has 2 N–H and O–H groups in total. The minimum atomic E-state index is -4.21. The van der Waals surface area contributed by atoms with E-state index in [9.17, 15) is 8.42 Å². The van der Waals surface area contributed by atoms with Gasteiger partial charge < -0.3 is 5.32 Å². The Labute approximate surface area is 113 Å². The largest absolute Gasteiger partial charge is 0.312 e. The van der Waals surface area contributed by atoms with Crippen molar-refractivity contribution in [2.45, 2.75) is 37.9 Å². The molecule has 5 nitrogen and oxygen atoms in total. The number of hydrogen-bond acceptors (Lipinski definition) is 4. The van der Waals surface area contributed by atoms with Crippen molar-refractivity contribution in [3.8, 4) is 0 Å². The first-order valence-electron chi connectivity index (χ1n) is 5.57. The summed E-state index contributed by atoms with van der Waals surface area (Å²) in [5.74, 6) is 0.458. The molecule has 7 heteroatoms. The zero-order chi connectivity index (χ0) is 12.6. The predicted molar refractivity (Wildman–Crippen MR) is 70.5 cm³/mol. The van der Waals surface area contributed by atoms with Crippen LogP contribution in [0.3, 0.4) is 0 Å². The highest BCUT2D eigenvalue weighted by Crippen LogP contribution is 2.20. The van der Waals surface area contributed by atoms with Crippen LogP contribution >= 0.6 is 12.4 Å². The molecule has 102 valence electrons. The van der Waals surface area contributed by atoms with Crippen LogP contribution in [0.25, 0.3) is 0 Å². The summed E-state index contributed by atoms with van der Waals surface area (Å²) in [6.45, 7) is 4.90. The lowest BCUT2D eigenvalue weighted by Gasteiger charge is -2.28. The van der Waals surface area contributed by atoms with Crippen LogP contribution in [-0.2, 0) is 23.1 Å². The second-order valence-corrected chi connectivity index (χ2v) is 6.03. The van der Waals surface area contributed by atoms with Crippen molar-refractivity contribution < 1.29 is 13.0 Å². The van der Waals surface area contributed by atoms with E-state index in [1.807, 2.05) is 0 Å². The second-order valence-electron chi connectivity index (χ2n) is 4.67. The van der Waals surface area contributed by atoms with Gasteiger partial charge in [0.05, 0.1) is 0 Å². The summed E-state index contributed by atoms with van der Waals surface area (Å²) in [4.78, 5) is 4.04. The van der Waals surface area contributed by atoms with Gasteiger partial charge in [-0.3, -0.25) is 4.55 Å². The van der Waals surface area contributed by atoms with Gasteiger partial charge >= 0.3 is 10.1 Å². The average Bonchev–Trinajstić information content (AvgIpc) is 2.26. The van der Waals surface area contributed by atoms with Gasteiger partial charge in [0.2, 0.25) is 0 Å². The van der Waals surface area contributed by atoms with Gasteiger partial charge in [0.25, 0.3) is 0 Å². The Morgan fingerprint density at radius 3 is 2.67 bits per heavy atom. The number of nitrogens with one attached hydrogen (secondary N) is 1. The summed E-state index contributed by atoms with van der Waals surface area (Å²) in [7, 11) is -4.21. The molecule has 0 aromatic carbocycles. The van der Waals surface area contributed by atoms with E-state index in [0.717, 1.165) is 11.3 Å². The number of aromatic nitrogens is 1. The maximum atomic E-state index is 11.0. The summed E-state index contributed by atoms with van der Waals surface area (Å²) < 4.78 is 31.0. The summed E-state index contributed by atoms with van der Waals surface area (Å²) >= 11 is 0. The van der Waals surface area contributed by atoms with E-state index in [-0.39, 0.29) is 17.4 Å². The Kier molecular flexibility index (Phi) is 4.72. The highest BCUT2D eigenvalue weighted by Gasteiger charge is 2.23. The molecule has 1 atom stereocenters. The third-order valence-electron chi connectivity index (χ3n) is 3.08. The average molecular weight is 293 g/mol. The molecule has 2 heterocycles. The monoisotopic (exact) mass is 292 g/mol. The van der Waals surface area contributed by atoms with E-state index in [2.05, 4.69) is 24.1 Å². The van der Waals surface area contributed by atoms with Gasteiger partial charge in [-0.1, -0.05) is 19.9 Å². The maximum absolute atomic E-state index is 11.0. The third-order valence-corrected chi connectivity index (χ3v) is 3.84. The first kappa shape index (κ1) is 15.4. The fourth-order valence-corrected chi connectivity index (χ4v) is 2.45. The molecule has 0 aliphatic carbocycles. The molecule has 2 rings (SSSR count). The van der Waals surface area contributed by atoms with Gasteiger partial charge in [0.1, 0.15) is 0 Å². The molecule has 18 heavy (non-hydrogen) atoms. The number of nitrogens with zero attached hydrogens (tertiary/aromatic N) is 1. The van der Waals surface area contributed by atoms with Crippen LogP contribution in [0, 0.1) is 5.92 Å². The molecule has 1 aromatic heterocycles. The highest BCUT2D eigenvalue weighted by molar-refractivity contribution is 7.85. The Balaban J connectivity index is 0.00000162. The second kappa shape index (κ2) is 5.52. The molecule has 0 saturated carbocycles. The van der Waals surface area contributed by atoms with Crippen molar-refractivity contribution in [2.75, 3.05) is 0 Å². The third kappa shape index (κ3) is 3.20. The number of halogens is 1. The van der Waals surface area contributed by atoms with E-state index in [0.29, 0.717) is 24.9 Å². The van der Waals surface area contributed by atoms with E-state index < -0.39 is 10.1 Å². The van der Waals surface area contributed by atoms with E-state index in [4.69, 9.17) is 4.55 Å². The molecular weight excluding hydrogens is 276 g/mol. The Bertz CT molecular complexity index is 531. The topological polar surface area (TPSA) is 79.3 Å². The smallest absolute Gasteiger partial charge is 0.309 e. The van der Waals surface area contributed by atoms with Gasteiger partial charge in [0.15, 0.2) is 5.03 Å². The van der Waals surface area contributed by atoms with Gasteiger partial charge in [-0.2, -0.15) is 8.42 Å². The van der Waals surface area contributed by atoms with Crippen molar-refractivity contribution >= 4 is 22.5 Å². The molecular formula is C11H17ClN2O3S. The normalized spacial score (nSPS) is 19.2. The van der Waals surface area contributed by atoms with Gasteiger partial charge in [-0.15, -0.1) is 12.4 Å². The van der Waals surface area contributed by atoms with Crippen LogP contribution in [0.4, 0.5) is 0 Å². The zero-order valence-electron chi connectivity index (χ0n) is 10.3. The van der Waals surface area contributed by atoms with Crippen molar-refractivity contribution in [3.05, 3.63) is 23.4 Å². The van der Waals surface area contributed by atoms with Crippen molar-refractivity contribution in [1.82, 2.24) is 10.3 Å². The van der Waals surface area contributed by atoms with Crippen LogP contribution in [0.15, 0.2) is 17.2 Å². The van der Waals surface area contributed by atoms with E-state index in [1.165, 1.54) is 6.07 Å². The van der Waals surface area contributed by atoms with E-state index in [1.54, 1.807) is 6.07 Å². The minimum absolute atomic E-state index is 0. The zero-order valence-corrected chi connectivity index (χ0v) is 11.9. The molecule has 0 saturated heterocycles. The Morgan fingerprint density at radius 2 is 2.11 bits per heavy atom. The quantitative estimate of drug-likeness (QED) is 0.806. The van der Waals surface area contributed by atoms with Crippen LogP contribution in [-0.4, -0.2) is 24.0 Å². The molecule has 1 aromatic rings. The maximum Gasteiger partial charge on any atom is 0.312 e. The summed E-state index contributed by atoms with van der Waals surface area (Å²) in [5, 5.41) is 3.12. The van der Waals surface area contributed by atoms with Crippen LogP contribution in [0.5, 0.6) is 0 Å². The first-order valence-corrected chi connectivity index (χ1v) is 7.01. The number of fused-ring (bicyclic) bond motifs is 1. The van der Waals surface area contributed by atoms with Gasteiger partial charge in [0, 0.05) is 24.7 Å². The highest BCUT2D eigenvalue weighted by atomic mass is 35.5. The minimum Gasteiger partial charge on any atom is -0.309 e. The fraction of sp³-hybridized carbons (Fsp3) is 0.545. The molecule has 0 radical (unpaired) electrons. The summed E-state index contributed by atoms with van der Waals surface area (Å²) in [6, 6.07) is 3.34. The fourth-order valence-electron chi connectivity index (χ4n) is 1.98. The first-order chi connectivity index (χ1) is 7.88. The lowest BCUT2D eigenvalue weighted by atomic mass is 9.93. The van der Waals surface area contributed by atoms with Crippen molar-refractivity contribution in [3.63, 3.8) is 0 Å².